The molecule has 1 heterocycles. The van der Waals surface area contributed by atoms with Gasteiger partial charge in [-0.05, 0) is 38.1 Å². The molecule has 0 bridgehead atoms. The van der Waals surface area contributed by atoms with Crippen LogP contribution >= 0.6 is 0 Å². The van der Waals surface area contributed by atoms with Crippen LogP contribution in [0.25, 0.3) is 0 Å². The average Bonchev–Trinajstić information content (AvgIpc) is 2.66. The second-order valence-corrected chi connectivity index (χ2v) is 5.66. The molecular formula is C20H20N4O2. The summed E-state index contributed by atoms with van der Waals surface area (Å²) in [5, 5.41) is 5.95. The largest absolute Gasteiger partial charge is 0.492 e. The van der Waals surface area contributed by atoms with Crippen molar-refractivity contribution in [2.24, 2.45) is 0 Å². The second-order valence-electron chi connectivity index (χ2n) is 5.66. The van der Waals surface area contributed by atoms with Crippen molar-refractivity contribution in [2.45, 2.75) is 13.8 Å². The van der Waals surface area contributed by atoms with E-state index in [1.165, 1.54) is 12.4 Å². The lowest BCUT2D eigenvalue weighted by molar-refractivity contribution is 0.102. The number of aryl methyl sites for hydroxylation is 1. The van der Waals surface area contributed by atoms with Gasteiger partial charge in [0, 0.05) is 5.69 Å². The maximum atomic E-state index is 12.3. The van der Waals surface area contributed by atoms with Crippen LogP contribution in [0.15, 0.2) is 60.9 Å². The molecule has 0 radical (unpaired) electrons. The number of hydrogen-bond acceptors (Lipinski definition) is 5. The third-order valence-electron chi connectivity index (χ3n) is 3.64. The summed E-state index contributed by atoms with van der Waals surface area (Å²) < 4.78 is 5.57. The highest BCUT2D eigenvalue weighted by atomic mass is 16.5. The van der Waals surface area contributed by atoms with Crippen molar-refractivity contribution in [2.75, 3.05) is 17.2 Å². The maximum absolute atomic E-state index is 12.3. The number of nitrogens with zero attached hydrogens (tertiary/aromatic N) is 2. The Balaban J connectivity index is 1.68. The number of amides is 1. The maximum Gasteiger partial charge on any atom is 0.275 e. The minimum Gasteiger partial charge on any atom is -0.492 e. The van der Waals surface area contributed by atoms with Crippen molar-refractivity contribution in [3.05, 3.63) is 72.2 Å². The molecular weight excluding hydrogens is 328 g/mol. The Morgan fingerprint density at radius 2 is 1.81 bits per heavy atom. The van der Waals surface area contributed by atoms with Crippen molar-refractivity contribution in [1.29, 1.82) is 0 Å². The number of rotatable bonds is 6. The van der Waals surface area contributed by atoms with Crippen LogP contribution in [0.5, 0.6) is 5.75 Å². The monoisotopic (exact) mass is 348 g/mol. The Bertz CT molecular complexity index is 877. The van der Waals surface area contributed by atoms with Gasteiger partial charge in [0.05, 0.1) is 24.7 Å². The van der Waals surface area contributed by atoms with E-state index < -0.39 is 0 Å². The van der Waals surface area contributed by atoms with Gasteiger partial charge in [-0.2, -0.15) is 0 Å². The number of benzene rings is 2. The number of nitrogens with one attached hydrogen (secondary N) is 2. The average molecular weight is 348 g/mol. The Morgan fingerprint density at radius 3 is 2.50 bits per heavy atom. The summed E-state index contributed by atoms with van der Waals surface area (Å²) >= 11 is 0. The Hall–Kier alpha value is -3.41. The minimum atomic E-state index is -0.303. The van der Waals surface area contributed by atoms with Crippen LogP contribution in [0.2, 0.25) is 0 Å². The van der Waals surface area contributed by atoms with Gasteiger partial charge in [0.1, 0.15) is 17.3 Å². The van der Waals surface area contributed by atoms with Gasteiger partial charge < -0.3 is 15.4 Å². The number of ether oxygens (including phenoxy) is 1. The van der Waals surface area contributed by atoms with Crippen LogP contribution in [0.4, 0.5) is 17.2 Å². The van der Waals surface area contributed by atoms with Crippen molar-refractivity contribution < 1.29 is 9.53 Å². The molecule has 3 rings (SSSR count). The molecule has 0 aliphatic rings. The van der Waals surface area contributed by atoms with Crippen molar-refractivity contribution >= 4 is 23.1 Å². The summed E-state index contributed by atoms with van der Waals surface area (Å²) in [5.74, 6) is 0.963. The highest BCUT2D eigenvalue weighted by Gasteiger charge is 2.09. The summed E-state index contributed by atoms with van der Waals surface area (Å²) in [7, 11) is 0. The molecule has 1 amide bonds. The molecule has 2 aromatic carbocycles. The smallest absolute Gasteiger partial charge is 0.275 e. The quantitative estimate of drug-likeness (QED) is 0.699. The molecule has 26 heavy (non-hydrogen) atoms. The Kier molecular flexibility index (Phi) is 5.43. The lowest BCUT2D eigenvalue weighted by atomic mass is 10.2. The van der Waals surface area contributed by atoms with E-state index in [1.54, 1.807) is 0 Å². The summed E-state index contributed by atoms with van der Waals surface area (Å²) in [5.41, 5.74) is 2.88. The topological polar surface area (TPSA) is 76.1 Å². The molecule has 6 heteroatoms. The molecule has 0 fully saturated rings. The van der Waals surface area contributed by atoms with E-state index in [4.69, 9.17) is 4.74 Å². The summed E-state index contributed by atoms with van der Waals surface area (Å²) in [6.07, 6.45) is 2.96. The fourth-order valence-corrected chi connectivity index (χ4v) is 2.33. The number of aromatic nitrogens is 2. The van der Waals surface area contributed by atoms with E-state index in [-0.39, 0.29) is 11.6 Å². The van der Waals surface area contributed by atoms with Crippen molar-refractivity contribution in [1.82, 2.24) is 9.97 Å². The standard InChI is InChI=1S/C20H20N4O2/c1-3-26-18-7-5-4-6-16(18)24-19-13-21-17(12-22-19)20(25)23-15-10-8-14(2)9-11-15/h4-13H,3H2,1-2H3,(H,22,24)(H,23,25). The zero-order valence-corrected chi connectivity index (χ0v) is 14.7. The number of carbonyl (C=O) groups excluding carboxylic acids is 1. The van der Waals surface area contributed by atoms with E-state index >= 15 is 0 Å². The van der Waals surface area contributed by atoms with E-state index in [2.05, 4.69) is 20.6 Å². The van der Waals surface area contributed by atoms with Gasteiger partial charge in [-0.3, -0.25) is 4.79 Å². The molecule has 0 saturated heterocycles. The lowest BCUT2D eigenvalue weighted by Gasteiger charge is -2.11. The van der Waals surface area contributed by atoms with Crippen LogP contribution < -0.4 is 15.4 Å². The summed E-state index contributed by atoms with van der Waals surface area (Å²) in [6, 6.07) is 15.1. The first kappa shape index (κ1) is 17.4. The number of hydrogen-bond donors (Lipinski definition) is 2. The fourth-order valence-electron chi connectivity index (χ4n) is 2.33. The Labute approximate surface area is 152 Å². The minimum absolute atomic E-state index is 0.245. The molecule has 0 spiro atoms. The van der Waals surface area contributed by atoms with E-state index in [1.807, 2.05) is 62.4 Å². The molecule has 6 nitrogen and oxygen atoms in total. The van der Waals surface area contributed by atoms with Gasteiger partial charge in [-0.1, -0.05) is 29.8 Å². The molecule has 0 atom stereocenters. The van der Waals surface area contributed by atoms with Crippen LogP contribution in [-0.2, 0) is 0 Å². The molecule has 3 aromatic rings. The van der Waals surface area contributed by atoms with Crippen molar-refractivity contribution in [3.8, 4) is 5.75 Å². The van der Waals surface area contributed by atoms with Gasteiger partial charge in [0.15, 0.2) is 0 Å². The second kappa shape index (κ2) is 8.11. The van der Waals surface area contributed by atoms with Gasteiger partial charge in [0.2, 0.25) is 0 Å². The predicted octanol–water partition coefficient (Wildman–Crippen LogP) is 4.18. The SMILES string of the molecule is CCOc1ccccc1Nc1cnc(C(=O)Nc2ccc(C)cc2)cn1. The number of anilines is 3. The van der Waals surface area contributed by atoms with Crippen molar-refractivity contribution in [3.63, 3.8) is 0 Å². The van der Waals surface area contributed by atoms with Crippen LogP contribution in [-0.4, -0.2) is 22.5 Å². The fraction of sp³-hybridized carbons (Fsp3) is 0.150. The van der Waals surface area contributed by atoms with E-state index in [9.17, 15) is 4.79 Å². The Morgan fingerprint density at radius 1 is 1.04 bits per heavy atom. The summed E-state index contributed by atoms with van der Waals surface area (Å²) in [4.78, 5) is 20.7. The van der Waals surface area contributed by atoms with Crippen LogP contribution in [0.3, 0.4) is 0 Å². The third-order valence-corrected chi connectivity index (χ3v) is 3.64. The summed E-state index contributed by atoms with van der Waals surface area (Å²) in [6.45, 7) is 4.49. The van der Waals surface area contributed by atoms with E-state index in [0.29, 0.717) is 12.4 Å². The molecule has 1 aromatic heterocycles. The van der Waals surface area contributed by atoms with Crippen LogP contribution in [0, 0.1) is 6.92 Å². The van der Waals surface area contributed by atoms with Crippen LogP contribution in [0.1, 0.15) is 23.0 Å². The van der Waals surface area contributed by atoms with E-state index in [0.717, 1.165) is 22.7 Å². The normalized spacial score (nSPS) is 10.2. The zero-order valence-electron chi connectivity index (χ0n) is 14.7. The first-order valence-electron chi connectivity index (χ1n) is 8.34. The highest BCUT2D eigenvalue weighted by molar-refractivity contribution is 6.02. The van der Waals surface area contributed by atoms with Gasteiger partial charge in [0.25, 0.3) is 5.91 Å². The molecule has 0 saturated carbocycles. The molecule has 0 aliphatic carbocycles. The number of carbonyl (C=O) groups is 1. The lowest BCUT2D eigenvalue weighted by Crippen LogP contribution is -2.14. The third kappa shape index (κ3) is 4.36. The first-order valence-corrected chi connectivity index (χ1v) is 8.34. The van der Waals surface area contributed by atoms with Gasteiger partial charge in [-0.25, -0.2) is 9.97 Å². The highest BCUT2D eigenvalue weighted by Crippen LogP contribution is 2.26. The zero-order chi connectivity index (χ0) is 18.4. The number of para-hydroxylation sites is 2. The predicted molar refractivity (Wildman–Crippen MR) is 102 cm³/mol. The molecule has 0 unspecified atom stereocenters. The van der Waals surface area contributed by atoms with Gasteiger partial charge >= 0.3 is 0 Å². The van der Waals surface area contributed by atoms with Gasteiger partial charge in [-0.15, -0.1) is 0 Å². The molecule has 132 valence electrons. The first-order chi connectivity index (χ1) is 12.7. The molecule has 0 aliphatic heterocycles. The molecule has 2 N–H and O–H groups in total.